The maximum absolute atomic E-state index is 11.8. The van der Waals surface area contributed by atoms with Gasteiger partial charge >= 0.3 is 0 Å². The van der Waals surface area contributed by atoms with Gasteiger partial charge in [-0.3, -0.25) is 4.79 Å². The molecule has 0 N–H and O–H groups in total. The lowest BCUT2D eigenvalue weighted by Gasteiger charge is -1.96. The monoisotopic (exact) mass is 302 g/mol. The lowest BCUT2D eigenvalue weighted by atomic mass is 10.1. The van der Waals surface area contributed by atoms with Crippen molar-refractivity contribution in [3.05, 3.63) is 81.9 Å². The van der Waals surface area contributed by atoms with Crippen LogP contribution in [0, 0.1) is 0 Å². The van der Waals surface area contributed by atoms with Gasteiger partial charge in [-0.15, -0.1) is 0 Å². The summed E-state index contributed by atoms with van der Waals surface area (Å²) in [5.41, 5.74) is 1.63. The lowest BCUT2D eigenvalue weighted by Crippen LogP contribution is -1.85. The normalized spacial score (nSPS) is 11.3. The lowest BCUT2D eigenvalue weighted by molar-refractivity contribution is -0.110. The number of halogens is 2. The summed E-state index contributed by atoms with van der Waals surface area (Å²) in [6.07, 6.45) is 6.35. The SMILES string of the molecule is O=C(/C=C\c1ccccc1Cl)/C=C/c1ccccc1Cl. The molecule has 0 aliphatic carbocycles. The van der Waals surface area contributed by atoms with Gasteiger partial charge in [-0.05, 0) is 47.6 Å². The molecule has 2 rings (SSSR count). The smallest absolute Gasteiger partial charge is 0.178 e. The number of carbonyl (C=O) groups is 1. The third kappa shape index (κ3) is 4.09. The molecule has 0 bridgehead atoms. The molecule has 20 heavy (non-hydrogen) atoms. The van der Waals surface area contributed by atoms with Crippen LogP contribution in [0.15, 0.2) is 60.7 Å². The summed E-state index contributed by atoms with van der Waals surface area (Å²) in [5.74, 6) is -0.121. The molecule has 0 atom stereocenters. The summed E-state index contributed by atoms with van der Waals surface area (Å²) in [6, 6.07) is 14.7. The molecule has 2 aromatic rings. The first-order valence-electron chi connectivity index (χ1n) is 6.06. The number of hydrogen-bond donors (Lipinski definition) is 0. The van der Waals surface area contributed by atoms with Crippen LogP contribution in [-0.2, 0) is 4.79 Å². The van der Waals surface area contributed by atoms with Crippen molar-refractivity contribution in [2.45, 2.75) is 0 Å². The van der Waals surface area contributed by atoms with Gasteiger partial charge in [0.15, 0.2) is 5.78 Å². The Labute approximate surface area is 128 Å². The molecule has 0 spiro atoms. The van der Waals surface area contributed by atoms with Crippen LogP contribution in [0.25, 0.3) is 12.2 Å². The zero-order valence-corrected chi connectivity index (χ0v) is 12.1. The molecule has 1 nitrogen and oxygen atoms in total. The van der Waals surface area contributed by atoms with Crippen molar-refractivity contribution in [1.82, 2.24) is 0 Å². The number of benzene rings is 2. The number of ketones is 1. The molecule has 0 aliphatic rings. The first-order chi connectivity index (χ1) is 9.66. The molecule has 0 saturated carbocycles. The molecule has 0 fully saturated rings. The minimum atomic E-state index is -0.121. The van der Waals surface area contributed by atoms with Gasteiger partial charge in [-0.1, -0.05) is 59.6 Å². The van der Waals surface area contributed by atoms with E-state index in [9.17, 15) is 4.79 Å². The van der Waals surface area contributed by atoms with Crippen LogP contribution >= 0.6 is 23.2 Å². The highest BCUT2D eigenvalue weighted by molar-refractivity contribution is 6.32. The fraction of sp³-hybridized carbons (Fsp3) is 0. The van der Waals surface area contributed by atoms with E-state index in [1.54, 1.807) is 24.3 Å². The van der Waals surface area contributed by atoms with Crippen LogP contribution < -0.4 is 0 Å². The average molecular weight is 303 g/mol. The number of hydrogen-bond acceptors (Lipinski definition) is 1. The van der Waals surface area contributed by atoms with E-state index in [1.807, 2.05) is 36.4 Å². The van der Waals surface area contributed by atoms with Crippen LogP contribution in [0.1, 0.15) is 11.1 Å². The Morgan fingerprint density at radius 1 is 0.750 bits per heavy atom. The van der Waals surface area contributed by atoms with E-state index in [1.165, 1.54) is 12.2 Å². The molecule has 100 valence electrons. The predicted molar refractivity (Wildman–Crippen MR) is 86.0 cm³/mol. The number of rotatable bonds is 4. The Morgan fingerprint density at radius 3 is 1.55 bits per heavy atom. The van der Waals surface area contributed by atoms with Gasteiger partial charge in [0.1, 0.15) is 0 Å². The van der Waals surface area contributed by atoms with Crippen molar-refractivity contribution in [2.75, 3.05) is 0 Å². The summed E-state index contributed by atoms with van der Waals surface area (Å²) in [4.78, 5) is 11.8. The van der Waals surface area contributed by atoms with E-state index in [2.05, 4.69) is 0 Å². The van der Waals surface area contributed by atoms with Crippen LogP contribution in [0.4, 0.5) is 0 Å². The highest BCUT2D eigenvalue weighted by Gasteiger charge is 1.97. The second-order valence-corrected chi connectivity index (χ2v) is 4.93. The Hall–Kier alpha value is -1.83. The van der Waals surface area contributed by atoms with Gasteiger partial charge < -0.3 is 0 Å². The van der Waals surface area contributed by atoms with Gasteiger partial charge in [0.25, 0.3) is 0 Å². The average Bonchev–Trinajstić information content (AvgIpc) is 2.45. The molecule has 3 heteroatoms. The zero-order valence-electron chi connectivity index (χ0n) is 10.6. The minimum Gasteiger partial charge on any atom is -0.290 e. The van der Waals surface area contributed by atoms with E-state index in [0.29, 0.717) is 10.0 Å². The highest BCUT2D eigenvalue weighted by atomic mass is 35.5. The van der Waals surface area contributed by atoms with E-state index >= 15 is 0 Å². The first-order valence-corrected chi connectivity index (χ1v) is 6.81. The molecule has 2 aromatic carbocycles. The Bertz CT molecular complexity index is 615. The highest BCUT2D eigenvalue weighted by Crippen LogP contribution is 2.17. The fourth-order valence-corrected chi connectivity index (χ4v) is 2.02. The minimum absolute atomic E-state index is 0.121. The third-order valence-electron chi connectivity index (χ3n) is 2.66. The van der Waals surface area contributed by atoms with Crippen molar-refractivity contribution in [3.8, 4) is 0 Å². The standard InChI is InChI=1S/C17H12Cl2O/c18-16-7-3-1-5-13(16)9-11-15(20)12-10-14-6-2-4-8-17(14)19/h1-12H/b11-9-,12-10+. The maximum atomic E-state index is 11.8. The van der Waals surface area contributed by atoms with Crippen LogP contribution in [0.3, 0.4) is 0 Å². The van der Waals surface area contributed by atoms with Crippen LogP contribution in [0.2, 0.25) is 10.0 Å². The topological polar surface area (TPSA) is 17.1 Å². The molecular formula is C17H12Cl2O. The molecule has 0 saturated heterocycles. The Kier molecular flexibility index (Phi) is 5.16. The van der Waals surface area contributed by atoms with Crippen molar-refractivity contribution >= 4 is 41.1 Å². The maximum Gasteiger partial charge on any atom is 0.178 e. The predicted octanol–water partition coefficient (Wildman–Crippen LogP) is 5.29. The zero-order chi connectivity index (χ0) is 14.4. The van der Waals surface area contributed by atoms with E-state index in [4.69, 9.17) is 23.2 Å². The van der Waals surface area contributed by atoms with Gasteiger partial charge in [-0.25, -0.2) is 0 Å². The van der Waals surface area contributed by atoms with Crippen molar-refractivity contribution in [1.29, 1.82) is 0 Å². The largest absolute Gasteiger partial charge is 0.290 e. The van der Waals surface area contributed by atoms with E-state index < -0.39 is 0 Å². The van der Waals surface area contributed by atoms with Crippen LogP contribution in [-0.4, -0.2) is 5.78 Å². The van der Waals surface area contributed by atoms with E-state index in [0.717, 1.165) is 11.1 Å². The van der Waals surface area contributed by atoms with Gasteiger partial charge in [0.05, 0.1) is 0 Å². The van der Waals surface area contributed by atoms with Crippen molar-refractivity contribution in [3.63, 3.8) is 0 Å². The Morgan fingerprint density at radius 2 is 1.15 bits per heavy atom. The summed E-state index contributed by atoms with van der Waals surface area (Å²) in [7, 11) is 0. The summed E-state index contributed by atoms with van der Waals surface area (Å²) >= 11 is 12.0. The molecule has 0 radical (unpaired) electrons. The first kappa shape index (κ1) is 14.6. The quantitative estimate of drug-likeness (QED) is 0.701. The van der Waals surface area contributed by atoms with Crippen molar-refractivity contribution in [2.24, 2.45) is 0 Å². The molecule has 0 heterocycles. The number of allylic oxidation sites excluding steroid dienone is 2. The molecule has 0 aliphatic heterocycles. The molecular weight excluding hydrogens is 291 g/mol. The fourth-order valence-electron chi connectivity index (χ4n) is 1.62. The Balaban J connectivity index is 2.07. The summed E-state index contributed by atoms with van der Waals surface area (Å²) < 4.78 is 0. The van der Waals surface area contributed by atoms with Crippen LogP contribution in [0.5, 0.6) is 0 Å². The van der Waals surface area contributed by atoms with Gasteiger partial charge in [0, 0.05) is 10.0 Å². The number of carbonyl (C=O) groups excluding carboxylic acids is 1. The summed E-state index contributed by atoms with van der Waals surface area (Å²) in [5, 5.41) is 1.23. The molecule has 0 aromatic heterocycles. The summed E-state index contributed by atoms with van der Waals surface area (Å²) in [6.45, 7) is 0. The van der Waals surface area contributed by atoms with Crippen molar-refractivity contribution < 1.29 is 4.79 Å². The van der Waals surface area contributed by atoms with Gasteiger partial charge in [0.2, 0.25) is 0 Å². The van der Waals surface area contributed by atoms with E-state index in [-0.39, 0.29) is 5.78 Å². The molecule has 0 amide bonds. The second kappa shape index (κ2) is 7.09. The third-order valence-corrected chi connectivity index (χ3v) is 3.35. The molecule has 0 unspecified atom stereocenters. The van der Waals surface area contributed by atoms with Gasteiger partial charge in [-0.2, -0.15) is 0 Å². The second-order valence-electron chi connectivity index (χ2n) is 4.11.